The predicted octanol–water partition coefficient (Wildman–Crippen LogP) is 3.01. The molecule has 0 radical (unpaired) electrons. The van der Waals surface area contributed by atoms with Gasteiger partial charge in [-0.05, 0) is 35.9 Å². The van der Waals surface area contributed by atoms with E-state index in [1.807, 2.05) is 0 Å². The first-order chi connectivity index (χ1) is 14.9. The van der Waals surface area contributed by atoms with Crippen LogP contribution in [0.15, 0.2) is 47.4 Å². The summed E-state index contributed by atoms with van der Waals surface area (Å²) in [6.07, 6.45) is 0. The maximum atomic E-state index is 12.4. The van der Waals surface area contributed by atoms with Crippen molar-refractivity contribution in [2.75, 3.05) is 27.7 Å². The molecule has 0 saturated carbocycles. The summed E-state index contributed by atoms with van der Waals surface area (Å²) in [5.74, 6) is -1.51. The number of ether oxygens (including phenoxy) is 2. The van der Waals surface area contributed by atoms with Gasteiger partial charge < -0.3 is 14.4 Å². The molecule has 0 fully saturated rings. The predicted molar refractivity (Wildman–Crippen MR) is 112 cm³/mol. The zero-order valence-electron chi connectivity index (χ0n) is 17.4. The summed E-state index contributed by atoms with van der Waals surface area (Å²) in [5, 5.41) is -0.0281. The Morgan fingerprint density at radius 2 is 1.69 bits per heavy atom. The van der Waals surface area contributed by atoms with Crippen LogP contribution < -0.4 is 4.74 Å². The monoisotopic (exact) mass is 490 g/mol. The van der Waals surface area contributed by atoms with Gasteiger partial charge in [0.15, 0.2) is 6.61 Å². The maximum absolute atomic E-state index is 12.4. The number of carbonyl (C=O) groups excluding carboxylic acids is 2. The van der Waals surface area contributed by atoms with Gasteiger partial charge in [0.05, 0.1) is 15.5 Å². The fourth-order valence-corrected chi connectivity index (χ4v) is 3.61. The van der Waals surface area contributed by atoms with Crippen LogP contribution >= 0.6 is 11.6 Å². The molecule has 32 heavy (non-hydrogen) atoms. The van der Waals surface area contributed by atoms with Gasteiger partial charge in [0, 0.05) is 27.7 Å². The van der Waals surface area contributed by atoms with Crippen LogP contribution in [0.1, 0.15) is 15.9 Å². The smallest absolute Gasteiger partial charge is 0.387 e. The van der Waals surface area contributed by atoms with E-state index in [1.54, 1.807) is 0 Å². The van der Waals surface area contributed by atoms with E-state index in [0.717, 1.165) is 10.4 Å². The third-order valence-corrected chi connectivity index (χ3v) is 6.40. The summed E-state index contributed by atoms with van der Waals surface area (Å²) in [6.45, 7) is -3.41. The number of carbonyl (C=O) groups is 2. The summed E-state index contributed by atoms with van der Waals surface area (Å²) in [7, 11) is 0.358. The number of nitrogens with zero attached hydrogens (tertiary/aromatic N) is 2. The van der Waals surface area contributed by atoms with E-state index >= 15 is 0 Å². The molecule has 0 aromatic heterocycles. The quantitative estimate of drug-likeness (QED) is 0.502. The minimum Gasteiger partial charge on any atom is -0.452 e. The number of alkyl halides is 2. The highest BCUT2D eigenvalue weighted by Crippen LogP contribution is 2.23. The molecule has 0 saturated heterocycles. The van der Waals surface area contributed by atoms with Crippen molar-refractivity contribution in [2.45, 2.75) is 18.1 Å². The Morgan fingerprint density at radius 1 is 1.06 bits per heavy atom. The van der Waals surface area contributed by atoms with Crippen molar-refractivity contribution in [1.29, 1.82) is 0 Å². The molecule has 174 valence electrons. The van der Waals surface area contributed by atoms with Crippen LogP contribution in [0.2, 0.25) is 5.02 Å². The minimum atomic E-state index is -3.80. The molecule has 0 N–H and O–H groups in total. The van der Waals surface area contributed by atoms with Gasteiger partial charge in [0.1, 0.15) is 5.75 Å². The first kappa shape index (κ1) is 25.5. The number of esters is 1. The molecule has 0 spiro atoms. The highest BCUT2D eigenvalue weighted by Gasteiger charge is 2.22. The van der Waals surface area contributed by atoms with E-state index < -0.39 is 35.1 Å². The normalized spacial score (nSPS) is 11.5. The fourth-order valence-electron chi connectivity index (χ4n) is 2.49. The van der Waals surface area contributed by atoms with E-state index in [1.165, 1.54) is 62.4 Å². The van der Waals surface area contributed by atoms with Gasteiger partial charge in [-0.3, -0.25) is 4.79 Å². The highest BCUT2D eigenvalue weighted by molar-refractivity contribution is 7.89. The van der Waals surface area contributed by atoms with Crippen LogP contribution in [0.3, 0.4) is 0 Å². The second kappa shape index (κ2) is 10.7. The lowest BCUT2D eigenvalue weighted by molar-refractivity contribution is -0.133. The van der Waals surface area contributed by atoms with Crippen LogP contribution in [0.5, 0.6) is 5.75 Å². The second-order valence-electron chi connectivity index (χ2n) is 6.78. The molecular weight excluding hydrogens is 470 g/mol. The maximum Gasteiger partial charge on any atom is 0.387 e. The average Bonchev–Trinajstić information content (AvgIpc) is 2.72. The molecule has 0 bridgehead atoms. The first-order valence-electron chi connectivity index (χ1n) is 9.08. The van der Waals surface area contributed by atoms with Gasteiger partial charge in [0.2, 0.25) is 10.0 Å². The molecule has 0 unspecified atom stereocenters. The fraction of sp³-hybridized carbons (Fsp3) is 0.300. The van der Waals surface area contributed by atoms with E-state index in [9.17, 15) is 26.8 Å². The Labute approximate surface area is 189 Å². The molecule has 1 amide bonds. The van der Waals surface area contributed by atoms with Crippen molar-refractivity contribution in [3.05, 3.63) is 58.6 Å². The number of hydrogen-bond acceptors (Lipinski definition) is 6. The lowest BCUT2D eigenvalue weighted by Gasteiger charge is -2.18. The molecule has 2 rings (SSSR count). The zero-order chi connectivity index (χ0) is 24.1. The molecule has 2 aromatic carbocycles. The molecule has 0 aliphatic rings. The molecule has 2 aromatic rings. The number of likely N-dealkylation sites (N-methyl/N-ethyl adjacent to an activating group) is 1. The third-order valence-electron chi connectivity index (χ3n) is 4.26. The Bertz CT molecular complexity index is 1080. The van der Waals surface area contributed by atoms with E-state index in [2.05, 4.69) is 4.74 Å². The lowest BCUT2D eigenvalue weighted by Crippen LogP contribution is -2.31. The second-order valence-corrected chi connectivity index (χ2v) is 9.34. The SMILES string of the molecule is CN(Cc1ccc(OC(F)F)cc1)C(=O)COC(=O)c1cc(S(=O)(=O)N(C)C)ccc1Cl. The summed E-state index contributed by atoms with van der Waals surface area (Å²) in [4.78, 5) is 25.8. The lowest BCUT2D eigenvalue weighted by atomic mass is 10.2. The number of sulfonamides is 1. The number of rotatable bonds is 9. The van der Waals surface area contributed by atoms with Crippen LogP contribution in [0, 0.1) is 0 Å². The van der Waals surface area contributed by atoms with E-state index in [-0.39, 0.29) is 27.8 Å². The van der Waals surface area contributed by atoms with Crippen molar-refractivity contribution in [3.8, 4) is 5.75 Å². The van der Waals surface area contributed by atoms with E-state index in [4.69, 9.17) is 16.3 Å². The molecule has 0 heterocycles. The summed E-state index contributed by atoms with van der Waals surface area (Å²) in [6, 6.07) is 9.31. The van der Waals surface area contributed by atoms with Gasteiger partial charge in [-0.2, -0.15) is 8.78 Å². The largest absolute Gasteiger partial charge is 0.452 e. The average molecular weight is 491 g/mol. The van der Waals surface area contributed by atoms with Gasteiger partial charge in [0.25, 0.3) is 5.91 Å². The van der Waals surface area contributed by atoms with E-state index in [0.29, 0.717) is 5.56 Å². The zero-order valence-corrected chi connectivity index (χ0v) is 19.0. The summed E-state index contributed by atoms with van der Waals surface area (Å²) < 4.78 is 59.1. The van der Waals surface area contributed by atoms with Crippen LogP contribution in [-0.2, 0) is 26.1 Å². The van der Waals surface area contributed by atoms with Crippen molar-refractivity contribution < 1.29 is 36.3 Å². The van der Waals surface area contributed by atoms with Crippen molar-refractivity contribution >= 4 is 33.5 Å². The molecular formula is C20H21ClF2N2O6S. The van der Waals surface area contributed by atoms with Crippen LogP contribution in [0.25, 0.3) is 0 Å². The Hall–Kier alpha value is -2.76. The summed E-state index contributed by atoms with van der Waals surface area (Å²) in [5.41, 5.74) is 0.443. The van der Waals surface area contributed by atoms with Gasteiger partial charge in [-0.25, -0.2) is 17.5 Å². The Kier molecular flexibility index (Phi) is 8.53. The topological polar surface area (TPSA) is 93.2 Å². The highest BCUT2D eigenvalue weighted by atomic mass is 35.5. The van der Waals surface area contributed by atoms with Crippen molar-refractivity contribution in [3.63, 3.8) is 0 Å². The minimum absolute atomic E-state index is 0.0120. The van der Waals surface area contributed by atoms with Crippen LogP contribution in [-0.4, -0.2) is 63.9 Å². The molecule has 0 aliphatic heterocycles. The van der Waals surface area contributed by atoms with Crippen molar-refractivity contribution in [2.24, 2.45) is 0 Å². The number of hydrogen-bond donors (Lipinski definition) is 0. The third kappa shape index (κ3) is 6.62. The number of amides is 1. The standard InChI is InChI=1S/C20H21ClF2N2O6S/c1-24(2)32(28,29)15-8-9-17(21)16(10-15)19(27)30-12-18(26)25(3)11-13-4-6-14(7-5-13)31-20(22)23/h4-10,20H,11-12H2,1-3H3. The number of benzene rings is 2. The molecule has 0 atom stereocenters. The van der Waals surface area contributed by atoms with Gasteiger partial charge >= 0.3 is 12.6 Å². The summed E-state index contributed by atoms with van der Waals surface area (Å²) >= 11 is 5.99. The Morgan fingerprint density at radius 3 is 2.25 bits per heavy atom. The molecule has 12 heteroatoms. The molecule has 8 nitrogen and oxygen atoms in total. The van der Waals surface area contributed by atoms with Crippen molar-refractivity contribution in [1.82, 2.24) is 9.21 Å². The molecule has 0 aliphatic carbocycles. The van der Waals surface area contributed by atoms with Gasteiger partial charge in [-0.1, -0.05) is 23.7 Å². The number of halogens is 3. The van der Waals surface area contributed by atoms with Crippen LogP contribution in [0.4, 0.5) is 8.78 Å². The Balaban J connectivity index is 1.99. The first-order valence-corrected chi connectivity index (χ1v) is 10.9. The van der Waals surface area contributed by atoms with Gasteiger partial charge in [-0.15, -0.1) is 0 Å².